The second kappa shape index (κ2) is 7.19. The van der Waals surface area contributed by atoms with Crippen LogP contribution in [0.4, 0.5) is 6.01 Å². The van der Waals surface area contributed by atoms with Crippen molar-refractivity contribution in [3.05, 3.63) is 30.3 Å². The molecular formula is C22H22N4O5. The van der Waals surface area contributed by atoms with Crippen molar-refractivity contribution in [1.29, 1.82) is 0 Å². The molecule has 1 aliphatic rings. The summed E-state index contributed by atoms with van der Waals surface area (Å²) < 4.78 is 19.2. The molecule has 4 aromatic rings. The first kappa shape index (κ1) is 19.2. The Kier molecular flexibility index (Phi) is 4.46. The summed E-state index contributed by atoms with van der Waals surface area (Å²) in [7, 11) is 0. The Morgan fingerprint density at radius 2 is 2.13 bits per heavy atom. The molecule has 0 amide bonds. The van der Waals surface area contributed by atoms with Crippen LogP contribution in [0.5, 0.6) is 11.5 Å². The van der Waals surface area contributed by atoms with Crippen molar-refractivity contribution in [3.63, 3.8) is 0 Å². The normalized spacial score (nSPS) is 17.2. The third-order valence-electron chi connectivity index (χ3n) is 5.47. The van der Waals surface area contributed by atoms with E-state index < -0.39 is 12.1 Å². The molecule has 0 bridgehead atoms. The number of ether oxygens (including phenoxy) is 2. The van der Waals surface area contributed by atoms with Crippen LogP contribution in [-0.4, -0.2) is 38.3 Å². The number of benzene rings is 2. The van der Waals surface area contributed by atoms with E-state index in [-0.39, 0.29) is 6.01 Å². The Labute approximate surface area is 177 Å². The first-order valence-corrected chi connectivity index (χ1v) is 10.1. The number of oxazole rings is 1. The highest BCUT2D eigenvalue weighted by Crippen LogP contribution is 2.38. The Morgan fingerprint density at radius 1 is 1.29 bits per heavy atom. The molecule has 9 heteroatoms. The second-order valence-electron chi connectivity index (χ2n) is 7.91. The van der Waals surface area contributed by atoms with Crippen LogP contribution in [-0.2, 0) is 11.3 Å². The van der Waals surface area contributed by atoms with Crippen LogP contribution in [0.1, 0.15) is 20.3 Å². The first-order valence-electron chi connectivity index (χ1n) is 10.1. The summed E-state index contributed by atoms with van der Waals surface area (Å²) in [5, 5.41) is 9.19. The Hall–Kier alpha value is -3.75. The predicted octanol–water partition coefficient (Wildman–Crippen LogP) is 3.70. The number of carboxylic acid groups (broad SMARTS) is 1. The van der Waals surface area contributed by atoms with Crippen molar-refractivity contribution in [2.24, 2.45) is 5.92 Å². The molecule has 0 spiro atoms. The Morgan fingerprint density at radius 3 is 2.94 bits per heavy atom. The number of nitrogens with two attached hydrogens (primary N) is 1. The van der Waals surface area contributed by atoms with Crippen LogP contribution < -0.4 is 15.2 Å². The zero-order valence-corrected chi connectivity index (χ0v) is 17.2. The van der Waals surface area contributed by atoms with E-state index in [1.54, 1.807) is 12.1 Å². The van der Waals surface area contributed by atoms with Crippen LogP contribution in [0, 0.1) is 5.92 Å². The molecule has 5 rings (SSSR count). The molecule has 2 aromatic heterocycles. The molecule has 1 aliphatic heterocycles. The summed E-state index contributed by atoms with van der Waals surface area (Å²) >= 11 is 0. The fourth-order valence-electron chi connectivity index (χ4n) is 3.89. The van der Waals surface area contributed by atoms with E-state index in [9.17, 15) is 9.90 Å². The van der Waals surface area contributed by atoms with Crippen LogP contribution in [0.15, 0.2) is 34.7 Å². The minimum atomic E-state index is -1.04. The van der Waals surface area contributed by atoms with Crippen LogP contribution in [0.25, 0.3) is 33.5 Å². The summed E-state index contributed by atoms with van der Waals surface area (Å²) in [6.45, 7) is 5.00. The molecule has 2 aromatic carbocycles. The van der Waals surface area contributed by atoms with Gasteiger partial charge in [-0.1, -0.05) is 6.92 Å². The number of anilines is 1. The van der Waals surface area contributed by atoms with Gasteiger partial charge in [0.1, 0.15) is 28.4 Å². The van der Waals surface area contributed by atoms with Gasteiger partial charge in [0.15, 0.2) is 11.7 Å². The molecule has 0 saturated heterocycles. The van der Waals surface area contributed by atoms with E-state index >= 15 is 0 Å². The monoisotopic (exact) mass is 422 g/mol. The summed E-state index contributed by atoms with van der Waals surface area (Å²) in [5.74, 6) is 1.15. The quantitative estimate of drug-likeness (QED) is 0.510. The zero-order chi connectivity index (χ0) is 21.7. The molecule has 31 heavy (non-hydrogen) atoms. The third-order valence-corrected chi connectivity index (χ3v) is 5.47. The largest absolute Gasteiger partial charge is 0.491 e. The van der Waals surface area contributed by atoms with Crippen LogP contribution in [0.3, 0.4) is 0 Å². The Balaban J connectivity index is 1.69. The fraction of sp³-hybridized carbons (Fsp3) is 0.318. The maximum absolute atomic E-state index is 11.2. The van der Waals surface area contributed by atoms with Gasteiger partial charge in [-0.25, -0.2) is 9.78 Å². The molecule has 0 radical (unpaired) electrons. The molecule has 2 atom stereocenters. The van der Waals surface area contributed by atoms with Crippen LogP contribution in [0.2, 0.25) is 0 Å². The lowest BCUT2D eigenvalue weighted by molar-refractivity contribution is -0.144. The van der Waals surface area contributed by atoms with E-state index in [0.29, 0.717) is 40.6 Å². The van der Waals surface area contributed by atoms with E-state index in [1.165, 1.54) is 6.92 Å². The number of rotatable bonds is 4. The van der Waals surface area contributed by atoms with Crippen molar-refractivity contribution in [2.45, 2.75) is 32.9 Å². The number of hydrogen-bond acceptors (Lipinski definition) is 7. The maximum atomic E-state index is 11.2. The van der Waals surface area contributed by atoms with Gasteiger partial charge in [-0.2, -0.15) is 4.98 Å². The highest BCUT2D eigenvalue weighted by Gasteiger charge is 2.23. The fourth-order valence-corrected chi connectivity index (χ4v) is 3.89. The first-order chi connectivity index (χ1) is 14.9. The Bertz CT molecular complexity index is 1310. The summed E-state index contributed by atoms with van der Waals surface area (Å²) in [5.41, 5.74) is 9.36. The number of aromatic nitrogens is 3. The van der Waals surface area contributed by atoms with E-state index in [4.69, 9.17) is 24.6 Å². The van der Waals surface area contributed by atoms with Crippen molar-refractivity contribution in [1.82, 2.24) is 14.5 Å². The molecule has 0 saturated carbocycles. The standard InChI is InChI=1S/C22H22N4O5/c1-11-5-6-29-18-9-14(30-12(2)21(27)28)8-16-19(18)26(10-11)20(24-16)13-3-4-17-15(7-13)25-22(23)31-17/h3-4,7-9,11-12H,5-6,10H2,1-2H3,(H2,23,25)(H,27,28). The van der Waals surface area contributed by atoms with Gasteiger partial charge in [0.2, 0.25) is 0 Å². The molecular weight excluding hydrogens is 400 g/mol. The third kappa shape index (κ3) is 3.41. The van der Waals surface area contributed by atoms with Gasteiger partial charge in [-0.15, -0.1) is 0 Å². The van der Waals surface area contributed by atoms with Gasteiger partial charge in [0, 0.05) is 24.2 Å². The SMILES string of the molecule is CC1CCOc2cc(OC(C)C(=O)O)cc3nc(-c4ccc5oc(N)nc5c4)n(c23)C1. The molecule has 9 nitrogen and oxygen atoms in total. The van der Waals surface area contributed by atoms with Gasteiger partial charge in [0.25, 0.3) is 6.01 Å². The molecule has 3 heterocycles. The van der Waals surface area contributed by atoms with Crippen molar-refractivity contribution < 1.29 is 23.8 Å². The molecule has 0 fully saturated rings. The highest BCUT2D eigenvalue weighted by molar-refractivity contribution is 5.89. The topological polar surface area (TPSA) is 126 Å². The summed E-state index contributed by atoms with van der Waals surface area (Å²) in [4.78, 5) is 20.3. The summed E-state index contributed by atoms with van der Waals surface area (Å²) in [6.07, 6.45) is -0.103. The van der Waals surface area contributed by atoms with Crippen molar-refractivity contribution in [2.75, 3.05) is 12.3 Å². The molecule has 3 N–H and O–H groups in total. The van der Waals surface area contributed by atoms with Gasteiger partial charge in [-0.3, -0.25) is 0 Å². The lowest BCUT2D eigenvalue weighted by atomic mass is 10.1. The molecule has 2 unspecified atom stereocenters. The van der Waals surface area contributed by atoms with Crippen molar-refractivity contribution >= 4 is 34.1 Å². The molecule has 0 aliphatic carbocycles. The minimum absolute atomic E-state index is 0.119. The van der Waals surface area contributed by atoms with E-state index in [2.05, 4.69) is 16.5 Å². The average molecular weight is 422 g/mol. The number of carbonyl (C=O) groups is 1. The maximum Gasteiger partial charge on any atom is 0.344 e. The van der Waals surface area contributed by atoms with Gasteiger partial charge in [0.05, 0.1) is 12.1 Å². The smallest absolute Gasteiger partial charge is 0.344 e. The van der Waals surface area contributed by atoms with Gasteiger partial charge >= 0.3 is 5.97 Å². The lowest BCUT2D eigenvalue weighted by Gasteiger charge is -2.21. The zero-order valence-electron chi connectivity index (χ0n) is 17.2. The second-order valence-corrected chi connectivity index (χ2v) is 7.91. The summed E-state index contributed by atoms with van der Waals surface area (Å²) in [6, 6.07) is 9.25. The number of imidazole rings is 1. The van der Waals surface area contributed by atoms with E-state index in [1.807, 2.05) is 18.2 Å². The number of nitrogen functional groups attached to an aromatic ring is 1. The number of hydrogen-bond donors (Lipinski definition) is 2. The predicted molar refractivity (Wildman–Crippen MR) is 114 cm³/mol. The average Bonchev–Trinajstić information content (AvgIpc) is 3.25. The number of carboxylic acids is 1. The highest BCUT2D eigenvalue weighted by atomic mass is 16.5. The number of nitrogens with zero attached hydrogens (tertiary/aromatic N) is 3. The number of aliphatic carboxylic acids is 1. The molecule has 160 valence electrons. The number of fused-ring (bicyclic) bond motifs is 1. The van der Waals surface area contributed by atoms with E-state index in [0.717, 1.165) is 29.9 Å². The van der Waals surface area contributed by atoms with Crippen molar-refractivity contribution in [3.8, 4) is 22.9 Å². The minimum Gasteiger partial charge on any atom is -0.491 e. The van der Waals surface area contributed by atoms with Gasteiger partial charge < -0.3 is 29.3 Å². The lowest BCUT2D eigenvalue weighted by Crippen LogP contribution is -2.23. The van der Waals surface area contributed by atoms with Gasteiger partial charge in [-0.05, 0) is 37.5 Å². The van der Waals surface area contributed by atoms with Crippen LogP contribution >= 0.6 is 0 Å².